The van der Waals surface area contributed by atoms with E-state index in [-0.39, 0.29) is 5.78 Å². The van der Waals surface area contributed by atoms with Crippen molar-refractivity contribution in [2.24, 2.45) is 0 Å². The normalized spacial score (nSPS) is 9.57. The molecule has 0 spiro atoms. The van der Waals surface area contributed by atoms with Crippen LogP contribution in [0.15, 0.2) is 12.1 Å². The molecule has 3 heteroatoms. The number of hydrogen-bond acceptors (Lipinski definition) is 2. The first-order chi connectivity index (χ1) is 6.60. The molecule has 0 saturated carbocycles. The molecule has 0 fully saturated rings. The standard InChI is InChI=1S/C11H10INO/c1-3-8-5-11(12)9(6-13)4-10(8)7(2)14/h4-5H,3H2,1-2H3. The fraction of sp³-hybridized carbons (Fsp3) is 0.273. The number of aryl methyl sites for hydroxylation is 1. The van der Waals surface area contributed by atoms with Crippen molar-refractivity contribution in [3.05, 3.63) is 32.4 Å². The van der Waals surface area contributed by atoms with Crippen molar-refractivity contribution in [2.45, 2.75) is 20.3 Å². The van der Waals surface area contributed by atoms with Gasteiger partial charge in [-0.2, -0.15) is 5.26 Å². The number of rotatable bonds is 2. The Hall–Kier alpha value is -0.890. The summed E-state index contributed by atoms with van der Waals surface area (Å²) in [5.74, 6) is 0.0229. The Morgan fingerprint density at radius 3 is 2.64 bits per heavy atom. The van der Waals surface area contributed by atoms with E-state index in [0.29, 0.717) is 11.1 Å². The summed E-state index contributed by atoms with van der Waals surface area (Å²) in [5.41, 5.74) is 2.26. The summed E-state index contributed by atoms with van der Waals surface area (Å²) in [7, 11) is 0. The molecule has 72 valence electrons. The number of benzene rings is 1. The quantitative estimate of drug-likeness (QED) is 0.622. The van der Waals surface area contributed by atoms with Crippen LogP contribution >= 0.6 is 22.6 Å². The van der Waals surface area contributed by atoms with E-state index in [0.717, 1.165) is 15.6 Å². The predicted octanol–water partition coefficient (Wildman–Crippen LogP) is 2.93. The molecule has 0 aromatic heterocycles. The van der Waals surface area contributed by atoms with Crippen LogP contribution in [-0.4, -0.2) is 5.78 Å². The van der Waals surface area contributed by atoms with Gasteiger partial charge in [-0.1, -0.05) is 6.92 Å². The highest BCUT2D eigenvalue weighted by Crippen LogP contribution is 2.19. The maximum absolute atomic E-state index is 11.3. The Bertz CT molecular complexity index is 418. The summed E-state index contributed by atoms with van der Waals surface area (Å²) in [5, 5.41) is 8.82. The highest BCUT2D eigenvalue weighted by atomic mass is 127. The number of nitrogens with zero attached hydrogens (tertiary/aromatic N) is 1. The molecule has 1 aromatic rings. The Labute approximate surface area is 97.1 Å². The van der Waals surface area contributed by atoms with Gasteiger partial charge in [-0.25, -0.2) is 0 Å². The van der Waals surface area contributed by atoms with Gasteiger partial charge < -0.3 is 0 Å². The van der Waals surface area contributed by atoms with Crippen LogP contribution in [0.1, 0.15) is 35.3 Å². The van der Waals surface area contributed by atoms with Gasteiger partial charge in [0.2, 0.25) is 0 Å². The molecule has 1 rings (SSSR count). The van der Waals surface area contributed by atoms with Gasteiger partial charge >= 0.3 is 0 Å². The van der Waals surface area contributed by atoms with E-state index in [1.807, 2.05) is 13.0 Å². The number of hydrogen-bond donors (Lipinski definition) is 0. The lowest BCUT2D eigenvalue weighted by Crippen LogP contribution is -2.01. The molecule has 0 aliphatic rings. The molecular weight excluding hydrogens is 289 g/mol. The summed E-state index contributed by atoms with van der Waals surface area (Å²) in [4.78, 5) is 11.3. The first-order valence-electron chi connectivity index (χ1n) is 4.33. The Morgan fingerprint density at radius 2 is 2.21 bits per heavy atom. The number of carbonyl (C=O) groups is 1. The predicted molar refractivity (Wildman–Crippen MR) is 63.3 cm³/mol. The minimum Gasteiger partial charge on any atom is -0.295 e. The fourth-order valence-electron chi connectivity index (χ4n) is 1.32. The molecule has 0 heterocycles. The van der Waals surface area contributed by atoms with Crippen LogP contribution in [0.4, 0.5) is 0 Å². The van der Waals surface area contributed by atoms with E-state index in [9.17, 15) is 4.79 Å². The Balaban J connectivity index is 3.42. The van der Waals surface area contributed by atoms with E-state index in [1.54, 1.807) is 6.07 Å². The van der Waals surface area contributed by atoms with Crippen molar-refractivity contribution in [1.29, 1.82) is 5.26 Å². The average Bonchev–Trinajstić information content (AvgIpc) is 2.16. The largest absolute Gasteiger partial charge is 0.295 e. The Kier molecular flexibility index (Phi) is 3.64. The average molecular weight is 299 g/mol. The van der Waals surface area contributed by atoms with E-state index in [4.69, 9.17) is 5.26 Å². The molecule has 14 heavy (non-hydrogen) atoms. The van der Waals surface area contributed by atoms with Gasteiger partial charge in [-0.15, -0.1) is 0 Å². The zero-order valence-electron chi connectivity index (χ0n) is 8.10. The highest BCUT2D eigenvalue weighted by molar-refractivity contribution is 14.1. The zero-order valence-corrected chi connectivity index (χ0v) is 10.3. The topological polar surface area (TPSA) is 40.9 Å². The lowest BCUT2D eigenvalue weighted by molar-refractivity contribution is 0.101. The molecule has 0 bridgehead atoms. The molecule has 0 unspecified atom stereocenters. The van der Waals surface area contributed by atoms with Crippen molar-refractivity contribution in [2.75, 3.05) is 0 Å². The molecule has 0 N–H and O–H groups in total. The SMILES string of the molecule is CCc1cc(I)c(C#N)cc1C(C)=O. The van der Waals surface area contributed by atoms with Gasteiger partial charge in [-0.05, 0) is 53.6 Å². The number of Topliss-reactive ketones (excluding diaryl/α,β-unsaturated/α-hetero) is 1. The monoisotopic (exact) mass is 299 g/mol. The molecule has 0 radical (unpaired) electrons. The third-order valence-electron chi connectivity index (χ3n) is 2.07. The Morgan fingerprint density at radius 1 is 1.57 bits per heavy atom. The third-order valence-corrected chi connectivity index (χ3v) is 2.97. The van der Waals surface area contributed by atoms with Crippen LogP contribution in [0.2, 0.25) is 0 Å². The molecule has 0 amide bonds. The maximum Gasteiger partial charge on any atom is 0.160 e. The van der Waals surface area contributed by atoms with Gasteiger partial charge in [0.15, 0.2) is 5.78 Å². The van der Waals surface area contributed by atoms with Crippen LogP contribution in [0.25, 0.3) is 0 Å². The van der Waals surface area contributed by atoms with Gasteiger partial charge in [0, 0.05) is 9.13 Å². The van der Waals surface area contributed by atoms with Crippen LogP contribution in [0, 0.1) is 14.9 Å². The molecule has 0 aliphatic carbocycles. The van der Waals surface area contributed by atoms with Gasteiger partial charge in [0.1, 0.15) is 6.07 Å². The number of ketones is 1. The van der Waals surface area contributed by atoms with E-state index >= 15 is 0 Å². The first-order valence-corrected chi connectivity index (χ1v) is 5.41. The fourth-order valence-corrected chi connectivity index (χ4v) is 1.97. The summed E-state index contributed by atoms with van der Waals surface area (Å²) in [6.07, 6.45) is 0.816. The number of carbonyl (C=O) groups excluding carboxylic acids is 1. The molecule has 0 atom stereocenters. The van der Waals surface area contributed by atoms with Crippen LogP contribution in [-0.2, 0) is 6.42 Å². The minimum atomic E-state index is 0.0229. The molecule has 0 aliphatic heterocycles. The van der Waals surface area contributed by atoms with Crippen LogP contribution in [0.3, 0.4) is 0 Å². The summed E-state index contributed by atoms with van der Waals surface area (Å²) in [6, 6.07) is 5.68. The third kappa shape index (κ3) is 2.13. The smallest absolute Gasteiger partial charge is 0.160 e. The van der Waals surface area contributed by atoms with E-state index in [1.165, 1.54) is 6.92 Å². The second-order valence-corrected chi connectivity index (χ2v) is 4.17. The van der Waals surface area contributed by atoms with E-state index in [2.05, 4.69) is 28.7 Å². The van der Waals surface area contributed by atoms with Crippen molar-refractivity contribution in [3.63, 3.8) is 0 Å². The minimum absolute atomic E-state index is 0.0229. The summed E-state index contributed by atoms with van der Waals surface area (Å²) in [6.45, 7) is 3.53. The maximum atomic E-state index is 11.3. The van der Waals surface area contributed by atoms with Gasteiger partial charge in [0.25, 0.3) is 0 Å². The summed E-state index contributed by atoms with van der Waals surface area (Å²) >= 11 is 2.12. The van der Waals surface area contributed by atoms with Crippen molar-refractivity contribution >= 4 is 28.4 Å². The zero-order chi connectivity index (χ0) is 10.7. The van der Waals surface area contributed by atoms with Crippen molar-refractivity contribution in [3.8, 4) is 6.07 Å². The first kappa shape index (κ1) is 11.2. The summed E-state index contributed by atoms with van der Waals surface area (Å²) < 4.78 is 0.909. The molecule has 1 aromatic carbocycles. The van der Waals surface area contributed by atoms with E-state index < -0.39 is 0 Å². The highest BCUT2D eigenvalue weighted by Gasteiger charge is 2.09. The van der Waals surface area contributed by atoms with Crippen molar-refractivity contribution < 1.29 is 4.79 Å². The molecule has 0 saturated heterocycles. The number of halogens is 1. The number of nitriles is 1. The molecular formula is C11H10INO. The van der Waals surface area contributed by atoms with Crippen LogP contribution in [0.5, 0.6) is 0 Å². The van der Waals surface area contributed by atoms with Crippen molar-refractivity contribution in [1.82, 2.24) is 0 Å². The van der Waals surface area contributed by atoms with Crippen LogP contribution < -0.4 is 0 Å². The second-order valence-electron chi connectivity index (χ2n) is 3.01. The lowest BCUT2D eigenvalue weighted by atomic mass is 10.00. The second kappa shape index (κ2) is 4.56. The van der Waals surface area contributed by atoms with Gasteiger partial charge in [-0.3, -0.25) is 4.79 Å². The lowest BCUT2D eigenvalue weighted by Gasteiger charge is -2.06. The van der Waals surface area contributed by atoms with Gasteiger partial charge in [0.05, 0.1) is 5.56 Å². The molecule has 2 nitrogen and oxygen atoms in total.